The van der Waals surface area contributed by atoms with Gasteiger partial charge in [0.05, 0.1) is 12.3 Å². The summed E-state index contributed by atoms with van der Waals surface area (Å²) in [6.45, 7) is 2.93. The maximum atomic E-state index is 11.8. The predicted molar refractivity (Wildman–Crippen MR) is 69.3 cm³/mol. The quantitative estimate of drug-likeness (QED) is 0.807. The zero-order valence-corrected chi connectivity index (χ0v) is 10.3. The Labute approximate surface area is 106 Å². The van der Waals surface area contributed by atoms with Crippen molar-refractivity contribution in [2.45, 2.75) is 25.3 Å². The highest BCUT2D eigenvalue weighted by atomic mass is 16.5. The number of hydrogen-bond acceptors (Lipinski definition) is 4. The lowest BCUT2D eigenvalue weighted by Gasteiger charge is -2.27. The Morgan fingerprint density at radius 2 is 2.33 bits per heavy atom. The molecule has 0 amide bonds. The third kappa shape index (κ3) is 1.82. The largest absolute Gasteiger partial charge is 0.465 e. The summed E-state index contributed by atoms with van der Waals surface area (Å²) in [5.41, 5.74) is 3.42. The van der Waals surface area contributed by atoms with E-state index >= 15 is 0 Å². The van der Waals surface area contributed by atoms with Crippen molar-refractivity contribution < 1.29 is 9.53 Å². The predicted octanol–water partition coefficient (Wildman–Crippen LogP) is 1.78. The van der Waals surface area contributed by atoms with Crippen LogP contribution in [0.4, 0.5) is 5.69 Å². The van der Waals surface area contributed by atoms with Crippen molar-refractivity contribution in [2.75, 3.05) is 13.2 Å². The van der Waals surface area contributed by atoms with Gasteiger partial charge in [0.1, 0.15) is 6.04 Å². The van der Waals surface area contributed by atoms with Crippen LogP contribution in [0.25, 0.3) is 0 Å². The molecular formula is C14H16N2O2. The minimum atomic E-state index is -0.208. The summed E-state index contributed by atoms with van der Waals surface area (Å²) >= 11 is 0. The Bertz CT molecular complexity index is 510. The van der Waals surface area contributed by atoms with Gasteiger partial charge in [0.25, 0.3) is 0 Å². The van der Waals surface area contributed by atoms with Gasteiger partial charge in [-0.2, -0.15) is 0 Å². The molecule has 2 heterocycles. The molecule has 1 N–H and O–H groups in total. The summed E-state index contributed by atoms with van der Waals surface area (Å²) < 4.78 is 5.08. The van der Waals surface area contributed by atoms with Crippen molar-refractivity contribution in [1.29, 1.82) is 0 Å². The lowest BCUT2D eigenvalue weighted by molar-refractivity contribution is -0.145. The molecule has 0 spiro atoms. The minimum absolute atomic E-state index is 0.152. The van der Waals surface area contributed by atoms with Gasteiger partial charge < -0.3 is 4.74 Å². The van der Waals surface area contributed by atoms with Crippen molar-refractivity contribution in [2.24, 2.45) is 4.99 Å². The van der Waals surface area contributed by atoms with Crippen LogP contribution in [0.3, 0.4) is 0 Å². The second-order valence-electron chi connectivity index (χ2n) is 4.64. The summed E-state index contributed by atoms with van der Waals surface area (Å²) in [7, 11) is 0. The molecule has 1 aromatic carbocycles. The number of fused-ring (bicyclic) bond motifs is 3. The maximum Gasteiger partial charge on any atom is 0.323 e. The highest BCUT2D eigenvalue weighted by Gasteiger charge is 2.36. The smallest absolute Gasteiger partial charge is 0.323 e. The SMILES string of the molecule is CCOC(=O)C1CC2C(=Nc3ccccc32)CN1. The van der Waals surface area contributed by atoms with E-state index in [0.717, 1.165) is 17.8 Å². The summed E-state index contributed by atoms with van der Waals surface area (Å²) in [5, 5.41) is 3.20. The monoisotopic (exact) mass is 244 g/mol. The first kappa shape index (κ1) is 11.4. The van der Waals surface area contributed by atoms with Crippen LogP contribution in [0.15, 0.2) is 29.3 Å². The third-order valence-corrected chi connectivity index (χ3v) is 3.55. The normalized spacial score (nSPS) is 25.1. The number of benzene rings is 1. The zero-order valence-electron chi connectivity index (χ0n) is 10.3. The topological polar surface area (TPSA) is 50.7 Å². The minimum Gasteiger partial charge on any atom is -0.465 e. The number of nitrogens with zero attached hydrogens (tertiary/aromatic N) is 1. The van der Waals surface area contributed by atoms with Crippen molar-refractivity contribution in [3.8, 4) is 0 Å². The van der Waals surface area contributed by atoms with Gasteiger partial charge in [-0.1, -0.05) is 18.2 Å². The zero-order chi connectivity index (χ0) is 12.5. The molecule has 1 fully saturated rings. The van der Waals surface area contributed by atoms with Crippen molar-refractivity contribution in [3.05, 3.63) is 29.8 Å². The number of aliphatic imine (C=N–C) groups is 1. The molecule has 2 aliphatic heterocycles. The summed E-state index contributed by atoms with van der Waals surface area (Å²) in [5.74, 6) is 0.123. The van der Waals surface area contributed by atoms with Crippen LogP contribution in [-0.4, -0.2) is 30.9 Å². The molecule has 2 unspecified atom stereocenters. The lowest BCUT2D eigenvalue weighted by Crippen LogP contribution is -2.47. The number of carbonyl (C=O) groups is 1. The van der Waals surface area contributed by atoms with Gasteiger partial charge in [-0.3, -0.25) is 15.1 Å². The molecule has 1 aromatic rings. The average molecular weight is 244 g/mol. The fraction of sp³-hybridized carbons (Fsp3) is 0.429. The second-order valence-corrected chi connectivity index (χ2v) is 4.64. The van der Waals surface area contributed by atoms with E-state index in [1.807, 2.05) is 25.1 Å². The Morgan fingerprint density at radius 1 is 1.50 bits per heavy atom. The van der Waals surface area contributed by atoms with Gasteiger partial charge >= 0.3 is 5.97 Å². The van der Waals surface area contributed by atoms with Crippen molar-refractivity contribution in [1.82, 2.24) is 5.32 Å². The number of hydrogen-bond donors (Lipinski definition) is 1. The Morgan fingerprint density at radius 3 is 3.17 bits per heavy atom. The van der Waals surface area contributed by atoms with Gasteiger partial charge in [-0.05, 0) is 25.0 Å². The van der Waals surface area contributed by atoms with Crippen LogP contribution >= 0.6 is 0 Å². The number of nitrogens with one attached hydrogen (secondary N) is 1. The molecule has 94 valence electrons. The molecule has 0 bridgehead atoms. The molecule has 1 saturated heterocycles. The Hall–Kier alpha value is -1.68. The van der Waals surface area contributed by atoms with E-state index < -0.39 is 0 Å². The molecule has 18 heavy (non-hydrogen) atoms. The van der Waals surface area contributed by atoms with Crippen LogP contribution < -0.4 is 5.32 Å². The van der Waals surface area contributed by atoms with E-state index in [1.165, 1.54) is 5.56 Å². The fourth-order valence-electron chi connectivity index (χ4n) is 2.69. The molecule has 2 atom stereocenters. The average Bonchev–Trinajstić information content (AvgIpc) is 2.76. The Balaban J connectivity index is 1.81. The summed E-state index contributed by atoms with van der Waals surface area (Å²) in [6, 6.07) is 7.94. The molecule has 0 radical (unpaired) electrons. The van der Waals surface area contributed by atoms with E-state index in [2.05, 4.69) is 16.4 Å². The third-order valence-electron chi connectivity index (χ3n) is 3.55. The number of para-hydroxylation sites is 1. The van der Waals surface area contributed by atoms with E-state index in [9.17, 15) is 4.79 Å². The number of rotatable bonds is 2. The highest BCUT2D eigenvalue weighted by molar-refractivity contribution is 6.01. The first-order valence-corrected chi connectivity index (χ1v) is 6.36. The summed E-state index contributed by atoms with van der Waals surface area (Å²) in [6.07, 6.45) is 0.745. The molecular weight excluding hydrogens is 228 g/mol. The van der Waals surface area contributed by atoms with Gasteiger partial charge in [0, 0.05) is 18.2 Å². The van der Waals surface area contributed by atoms with Crippen LogP contribution in [0.5, 0.6) is 0 Å². The van der Waals surface area contributed by atoms with Crippen LogP contribution in [0.1, 0.15) is 24.8 Å². The Kier molecular flexibility index (Phi) is 2.88. The first-order chi connectivity index (χ1) is 8.79. The summed E-state index contributed by atoms with van der Waals surface area (Å²) in [4.78, 5) is 16.4. The highest BCUT2D eigenvalue weighted by Crippen LogP contribution is 2.39. The van der Waals surface area contributed by atoms with Crippen molar-refractivity contribution in [3.63, 3.8) is 0 Å². The van der Waals surface area contributed by atoms with Gasteiger partial charge in [-0.25, -0.2) is 0 Å². The van der Waals surface area contributed by atoms with Crippen LogP contribution in [0.2, 0.25) is 0 Å². The maximum absolute atomic E-state index is 11.8. The number of piperidine rings is 1. The van der Waals surface area contributed by atoms with Crippen molar-refractivity contribution >= 4 is 17.4 Å². The van der Waals surface area contributed by atoms with Crippen LogP contribution in [0, 0.1) is 0 Å². The van der Waals surface area contributed by atoms with Crippen LogP contribution in [-0.2, 0) is 9.53 Å². The molecule has 3 rings (SSSR count). The van der Waals surface area contributed by atoms with E-state index in [4.69, 9.17) is 4.74 Å². The number of ether oxygens (including phenoxy) is 1. The van der Waals surface area contributed by atoms with Gasteiger partial charge in [-0.15, -0.1) is 0 Å². The number of carbonyl (C=O) groups excluding carboxylic acids is 1. The fourth-order valence-corrected chi connectivity index (χ4v) is 2.69. The van der Waals surface area contributed by atoms with E-state index in [0.29, 0.717) is 13.2 Å². The molecule has 0 saturated carbocycles. The van der Waals surface area contributed by atoms with Gasteiger partial charge in [0.15, 0.2) is 0 Å². The van der Waals surface area contributed by atoms with E-state index in [-0.39, 0.29) is 17.9 Å². The lowest BCUT2D eigenvalue weighted by atomic mass is 9.86. The molecule has 4 nitrogen and oxygen atoms in total. The molecule has 0 aliphatic carbocycles. The standard InChI is InChI=1S/C14H16N2O2/c1-2-18-14(17)12-7-10-9-5-3-4-6-11(9)16-13(10)8-15-12/h3-6,10,12,15H,2,7-8H2,1H3. The first-order valence-electron chi connectivity index (χ1n) is 6.36. The number of esters is 1. The molecule has 4 heteroatoms. The van der Waals surface area contributed by atoms with E-state index in [1.54, 1.807) is 0 Å². The molecule has 0 aromatic heterocycles. The second kappa shape index (κ2) is 4.53. The van der Waals surface area contributed by atoms with Gasteiger partial charge in [0.2, 0.25) is 0 Å². The molecule has 2 aliphatic rings.